The van der Waals surface area contributed by atoms with Crippen LogP contribution in [0.3, 0.4) is 0 Å². The van der Waals surface area contributed by atoms with Gasteiger partial charge in [-0.2, -0.15) is 5.10 Å². The molecule has 1 fully saturated rings. The zero-order chi connectivity index (χ0) is 13.7. The van der Waals surface area contributed by atoms with E-state index in [2.05, 4.69) is 15.7 Å². The molecule has 106 valence electrons. The zero-order valence-corrected chi connectivity index (χ0v) is 10.6. The number of hydrogen-bond acceptors (Lipinski definition) is 3. The maximum atomic E-state index is 12.1. The van der Waals surface area contributed by atoms with E-state index in [0.717, 1.165) is 30.6 Å². The van der Waals surface area contributed by atoms with Gasteiger partial charge in [0.15, 0.2) is 5.82 Å². The Bertz CT molecular complexity index is 416. The number of carbonyl (C=O) groups is 1. The van der Waals surface area contributed by atoms with Gasteiger partial charge < -0.3 is 10.6 Å². The lowest BCUT2D eigenvalue weighted by Gasteiger charge is -2.07. The minimum Gasteiger partial charge on any atom is -0.316 e. The van der Waals surface area contributed by atoms with Crippen LogP contribution in [0.4, 0.5) is 14.6 Å². The quantitative estimate of drug-likeness (QED) is 0.824. The summed E-state index contributed by atoms with van der Waals surface area (Å²) in [6.45, 7) is 1.53. The number of hydrogen-bond donors (Lipinski definition) is 2. The lowest BCUT2D eigenvalue weighted by Crippen LogP contribution is -2.15. The average Bonchev–Trinajstić information content (AvgIpc) is 2.97. The summed E-state index contributed by atoms with van der Waals surface area (Å²) in [7, 11) is 0. The van der Waals surface area contributed by atoms with Crippen molar-refractivity contribution in [3.05, 3.63) is 12.3 Å². The second kappa shape index (κ2) is 6.60. The molecule has 0 aromatic carbocycles. The number of alkyl halides is 2. The molecule has 2 N–H and O–H groups in total. The monoisotopic (exact) mass is 272 g/mol. The lowest BCUT2D eigenvalue weighted by atomic mass is 10.0. The number of aromatic nitrogens is 2. The van der Waals surface area contributed by atoms with Crippen molar-refractivity contribution in [2.24, 2.45) is 5.92 Å². The van der Waals surface area contributed by atoms with Crippen LogP contribution < -0.4 is 10.6 Å². The molecule has 0 saturated carbocycles. The molecule has 2 heterocycles. The van der Waals surface area contributed by atoms with E-state index >= 15 is 0 Å². The van der Waals surface area contributed by atoms with E-state index in [-0.39, 0.29) is 5.91 Å². The van der Waals surface area contributed by atoms with Gasteiger partial charge in [-0.25, -0.2) is 8.78 Å². The van der Waals surface area contributed by atoms with E-state index in [4.69, 9.17) is 0 Å². The number of amides is 1. The molecule has 0 bridgehead atoms. The Morgan fingerprint density at radius 1 is 1.63 bits per heavy atom. The highest BCUT2D eigenvalue weighted by Crippen LogP contribution is 2.15. The number of nitrogens with one attached hydrogen (secondary N) is 2. The summed E-state index contributed by atoms with van der Waals surface area (Å²) in [5, 5.41) is 9.73. The molecule has 5 nitrogen and oxygen atoms in total. The first kappa shape index (κ1) is 13.9. The minimum atomic E-state index is -2.45. The largest absolute Gasteiger partial charge is 0.316 e. The molecule has 1 aromatic rings. The Labute approximate surface area is 110 Å². The number of halogens is 2. The van der Waals surface area contributed by atoms with Crippen molar-refractivity contribution in [3.63, 3.8) is 0 Å². The fourth-order valence-corrected chi connectivity index (χ4v) is 2.17. The molecular formula is C12H18F2N4O. The summed E-state index contributed by atoms with van der Waals surface area (Å²) < 4.78 is 25.4. The van der Waals surface area contributed by atoms with Gasteiger partial charge >= 0.3 is 0 Å². The van der Waals surface area contributed by atoms with Gasteiger partial charge in [0.2, 0.25) is 5.91 Å². The first-order chi connectivity index (χ1) is 9.13. The second-order valence-electron chi connectivity index (χ2n) is 4.76. The third kappa shape index (κ3) is 4.59. The highest BCUT2D eigenvalue weighted by molar-refractivity contribution is 5.89. The van der Waals surface area contributed by atoms with Crippen molar-refractivity contribution in [1.29, 1.82) is 0 Å². The van der Waals surface area contributed by atoms with Crippen molar-refractivity contribution >= 4 is 11.7 Å². The zero-order valence-electron chi connectivity index (χ0n) is 10.6. The van der Waals surface area contributed by atoms with E-state index < -0.39 is 13.0 Å². The summed E-state index contributed by atoms with van der Waals surface area (Å²) in [4.78, 5) is 11.7. The lowest BCUT2D eigenvalue weighted by molar-refractivity contribution is -0.116. The number of anilines is 1. The summed E-state index contributed by atoms with van der Waals surface area (Å²) in [5.41, 5.74) is 0. The van der Waals surface area contributed by atoms with Crippen LogP contribution in [0.5, 0.6) is 0 Å². The molecule has 1 amide bonds. The van der Waals surface area contributed by atoms with Gasteiger partial charge in [-0.1, -0.05) is 0 Å². The molecule has 7 heteroatoms. The molecule has 2 rings (SSSR count). The molecule has 1 atom stereocenters. The van der Waals surface area contributed by atoms with Gasteiger partial charge in [0.25, 0.3) is 6.43 Å². The molecule has 1 unspecified atom stereocenters. The Kier molecular flexibility index (Phi) is 4.84. The Morgan fingerprint density at radius 2 is 2.47 bits per heavy atom. The van der Waals surface area contributed by atoms with Crippen molar-refractivity contribution < 1.29 is 13.6 Å². The summed E-state index contributed by atoms with van der Waals surface area (Å²) >= 11 is 0. The molecule has 19 heavy (non-hydrogen) atoms. The summed E-state index contributed by atoms with van der Waals surface area (Å²) in [6, 6.07) is 1.53. The normalized spacial score (nSPS) is 19.0. The fourth-order valence-electron chi connectivity index (χ4n) is 2.17. The van der Waals surface area contributed by atoms with Crippen LogP contribution in [0, 0.1) is 5.92 Å². The molecule has 1 aromatic heterocycles. The van der Waals surface area contributed by atoms with E-state index in [1.807, 2.05) is 0 Å². The topological polar surface area (TPSA) is 59.0 Å². The smallest absolute Gasteiger partial charge is 0.257 e. The van der Waals surface area contributed by atoms with E-state index in [1.54, 1.807) is 0 Å². The van der Waals surface area contributed by atoms with Gasteiger partial charge in [-0.05, 0) is 31.8 Å². The van der Waals surface area contributed by atoms with Crippen LogP contribution in [0.1, 0.15) is 19.3 Å². The van der Waals surface area contributed by atoms with Crippen molar-refractivity contribution in [2.45, 2.75) is 32.2 Å². The Morgan fingerprint density at radius 3 is 3.16 bits per heavy atom. The molecular weight excluding hydrogens is 254 g/mol. The van der Waals surface area contributed by atoms with Crippen molar-refractivity contribution in [3.8, 4) is 0 Å². The highest BCUT2D eigenvalue weighted by Gasteiger charge is 2.16. The van der Waals surface area contributed by atoms with Crippen LogP contribution in [-0.4, -0.2) is 35.2 Å². The molecule has 0 spiro atoms. The predicted molar refractivity (Wildman–Crippen MR) is 67.1 cm³/mol. The summed E-state index contributed by atoms with van der Waals surface area (Å²) in [6.07, 6.45) is 1.38. The number of nitrogens with zero attached hydrogens (tertiary/aromatic N) is 2. The summed E-state index contributed by atoms with van der Waals surface area (Å²) in [5.74, 6) is 0.770. The van der Waals surface area contributed by atoms with Crippen LogP contribution in [0.15, 0.2) is 12.3 Å². The van der Waals surface area contributed by atoms with E-state index in [9.17, 15) is 13.6 Å². The molecule has 1 saturated heterocycles. The first-order valence-corrected chi connectivity index (χ1v) is 6.45. The SMILES string of the molecule is O=C(CCC1CCNC1)Nc1ccn(CC(F)F)n1. The minimum absolute atomic E-state index is 0.116. The van der Waals surface area contributed by atoms with Crippen molar-refractivity contribution in [2.75, 3.05) is 18.4 Å². The highest BCUT2D eigenvalue weighted by atomic mass is 19.3. The van der Waals surface area contributed by atoms with Crippen LogP contribution in [-0.2, 0) is 11.3 Å². The predicted octanol–water partition coefficient (Wildman–Crippen LogP) is 1.48. The molecule has 1 aliphatic heterocycles. The van der Waals surface area contributed by atoms with Gasteiger partial charge in [-0.3, -0.25) is 9.48 Å². The van der Waals surface area contributed by atoms with Crippen LogP contribution >= 0.6 is 0 Å². The third-order valence-electron chi connectivity index (χ3n) is 3.18. The fraction of sp³-hybridized carbons (Fsp3) is 0.667. The maximum Gasteiger partial charge on any atom is 0.257 e. The number of carbonyl (C=O) groups excluding carboxylic acids is 1. The molecule has 1 aliphatic rings. The number of rotatable bonds is 6. The standard InChI is InChI=1S/C12H18F2N4O/c13-10(14)8-18-6-4-11(17-18)16-12(19)2-1-9-3-5-15-7-9/h4,6,9-10,15H,1-3,5,7-8H2,(H,16,17,19). The molecule has 0 aliphatic carbocycles. The average molecular weight is 272 g/mol. The molecule has 0 radical (unpaired) electrons. The van der Waals surface area contributed by atoms with Crippen molar-refractivity contribution in [1.82, 2.24) is 15.1 Å². The van der Waals surface area contributed by atoms with E-state index in [1.165, 1.54) is 12.3 Å². The Balaban J connectivity index is 1.73. The third-order valence-corrected chi connectivity index (χ3v) is 3.18. The van der Waals surface area contributed by atoms with E-state index in [0.29, 0.717) is 18.2 Å². The van der Waals surface area contributed by atoms with Gasteiger partial charge in [0.05, 0.1) is 0 Å². The van der Waals surface area contributed by atoms with Gasteiger partial charge in [0.1, 0.15) is 6.54 Å². The van der Waals surface area contributed by atoms with Crippen LogP contribution in [0.25, 0.3) is 0 Å². The maximum absolute atomic E-state index is 12.1. The Hall–Kier alpha value is -1.50. The van der Waals surface area contributed by atoms with Crippen LogP contribution in [0.2, 0.25) is 0 Å². The van der Waals surface area contributed by atoms with Gasteiger partial charge in [0, 0.05) is 18.7 Å². The van der Waals surface area contributed by atoms with Gasteiger partial charge in [-0.15, -0.1) is 0 Å². The second-order valence-corrected chi connectivity index (χ2v) is 4.76. The first-order valence-electron chi connectivity index (χ1n) is 6.45.